The molecular weight excluding hydrogens is 161 g/mol. The van der Waals surface area contributed by atoms with Gasteiger partial charge in [-0.3, -0.25) is 0 Å². The quantitative estimate of drug-likeness (QED) is 0.330. The Balaban J connectivity index is 0. The minimum atomic E-state index is 0. The van der Waals surface area contributed by atoms with Crippen LogP contribution in [-0.4, -0.2) is 23.1 Å². The Kier molecular flexibility index (Phi) is 357. The van der Waals surface area contributed by atoms with Crippen LogP contribution in [0, 0.1) is 0 Å². The van der Waals surface area contributed by atoms with E-state index in [2.05, 4.69) is 0 Å². The predicted molar refractivity (Wildman–Crippen MR) is 6.44 cm³/mol. The van der Waals surface area contributed by atoms with Gasteiger partial charge >= 0.3 is 75.5 Å². The summed E-state index contributed by atoms with van der Waals surface area (Å²) in [6.07, 6.45) is 0. The fraction of sp³-hybridized carbons (Fsp3) is 0. The summed E-state index contributed by atoms with van der Waals surface area (Å²) >= 11 is 0. The summed E-state index contributed by atoms with van der Waals surface area (Å²) in [7, 11) is 0. The maximum Gasteiger partial charge on any atom is 2.00 e. The van der Waals surface area contributed by atoms with E-state index in [4.69, 9.17) is 0 Å². The zero-order valence-corrected chi connectivity index (χ0v) is 6.39. The number of rotatable bonds is 0. The summed E-state index contributed by atoms with van der Waals surface area (Å²) in [6, 6.07) is 0. The molecule has 0 atom stereocenters. The molecule has 0 bridgehead atoms. The molecule has 0 N–H and O–H groups in total. The Bertz CT molecular complexity index is 11.6. The van der Waals surface area contributed by atoms with Crippen molar-refractivity contribution in [3.05, 3.63) is 0 Å². The van der Waals surface area contributed by atoms with Crippen molar-refractivity contribution in [2.45, 2.75) is 0 Å². The van der Waals surface area contributed by atoms with Gasteiger partial charge in [-0.15, -0.1) is 0 Å². The average molecular weight is 161 g/mol. The molecule has 0 aromatic rings. The van der Waals surface area contributed by atoms with Gasteiger partial charge in [-0.05, 0) is 0 Å². The summed E-state index contributed by atoms with van der Waals surface area (Å²) in [5.74, 6) is 0. The van der Waals surface area contributed by atoms with Crippen LogP contribution in [0.3, 0.4) is 0 Å². The van der Waals surface area contributed by atoms with E-state index in [0.717, 1.165) is 0 Å². The molecule has 0 fully saturated rings. The second kappa shape index (κ2) is 33.1. The summed E-state index contributed by atoms with van der Waals surface area (Å²) in [5, 5.41) is 0. The number of hydrogen-bond donors (Lipinski definition) is 0. The van der Waals surface area contributed by atoms with Crippen molar-refractivity contribution < 1.29 is 57.9 Å². The van der Waals surface area contributed by atoms with Gasteiger partial charge in [0, 0.05) is 0 Å². The third kappa shape index (κ3) is 21.8. The minimum Gasteiger partial charge on any atom is -2.00 e. The van der Waals surface area contributed by atoms with Gasteiger partial charge in [0.1, 0.15) is 0 Å². The monoisotopic (exact) mass is 160 g/mol. The maximum atomic E-state index is 0. The summed E-state index contributed by atoms with van der Waals surface area (Å²) in [5.41, 5.74) is 0. The molecule has 0 spiro atoms. The number of hydrogen-bond acceptors (Lipinski definition) is 0. The second-order valence-corrected chi connectivity index (χ2v) is 0. The van der Waals surface area contributed by atoms with Crippen molar-refractivity contribution in [2.24, 2.45) is 0 Å². The van der Waals surface area contributed by atoms with E-state index in [1.165, 1.54) is 0 Å². The van der Waals surface area contributed by atoms with E-state index in [0.29, 0.717) is 0 Å². The minimum absolute atomic E-state index is 0. The molecule has 0 saturated heterocycles. The Labute approximate surface area is 80.1 Å². The van der Waals surface area contributed by atoms with Gasteiger partial charge in [-0.2, -0.15) is 0 Å². The molecule has 0 aliphatic carbocycles. The molecule has 5 heteroatoms. The molecule has 0 aliphatic heterocycles. The molecule has 1 radical (unpaired) electrons. The van der Waals surface area contributed by atoms with Crippen LogP contribution in [0.25, 0.3) is 0 Å². The van der Waals surface area contributed by atoms with Gasteiger partial charge in [0.2, 0.25) is 0 Å². The van der Waals surface area contributed by atoms with Gasteiger partial charge in [-0.25, -0.2) is 0 Å². The Morgan fingerprint density at radius 2 is 1.00 bits per heavy atom. The van der Waals surface area contributed by atoms with Gasteiger partial charge in [0.15, 0.2) is 0 Å². The fourth-order valence-corrected chi connectivity index (χ4v) is 0. The third-order valence-electron chi connectivity index (χ3n) is 0. The molecule has 5 heavy (non-hydrogen) atoms. The molecule has 0 heterocycles. The van der Waals surface area contributed by atoms with Crippen molar-refractivity contribution in [3.8, 4) is 0 Å². The topological polar surface area (TPSA) is 28.5 Å². The molecule has 0 rings (SSSR count). The Morgan fingerprint density at radius 1 is 1.00 bits per heavy atom. The van der Waals surface area contributed by atoms with E-state index in [-0.39, 0.29) is 80.9 Å². The molecule has 0 aliphatic rings. The second-order valence-electron chi connectivity index (χ2n) is 0. The van der Waals surface area contributed by atoms with Gasteiger partial charge in [0.05, 0.1) is 0 Å². The van der Waals surface area contributed by atoms with E-state index < -0.39 is 0 Å². The normalized spacial score (nSPS) is 0. The zero-order valence-electron chi connectivity index (χ0n) is 2.81. The maximum absolute atomic E-state index is 0. The predicted octanol–water partition coefficient (Wildman–Crippen LogP) is -3.50. The van der Waals surface area contributed by atoms with Crippen LogP contribution < -0.4 is 18.9 Å². The Hall–Kier alpha value is 2.34. The molecular formula is LiMgMnNiO+5. The fourth-order valence-electron chi connectivity index (χ4n) is 0. The molecule has 0 aromatic heterocycles. The van der Waals surface area contributed by atoms with Crippen molar-refractivity contribution in [2.75, 3.05) is 0 Å². The van der Waals surface area contributed by atoms with Crippen LogP contribution in [-0.2, 0) is 39.0 Å². The zero-order chi connectivity index (χ0) is 0. The average Bonchev–Trinajstić information content (AvgIpc) is 0. The van der Waals surface area contributed by atoms with Gasteiger partial charge in [0.25, 0.3) is 0 Å². The van der Waals surface area contributed by atoms with Crippen LogP contribution in [0.1, 0.15) is 0 Å². The van der Waals surface area contributed by atoms with Crippen molar-refractivity contribution in [1.29, 1.82) is 0 Å². The smallest absolute Gasteiger partial charge is 2.00 e. The van der Waals surface area contributed by atoms with Crippen LogP contribution in [0.4, 0.5) is 0 Å². The van der Waals surface area contributed by atoms with Crippen molar-refractivity contribution >= 4 is 23.1 Å². The van der Waals surface area contributed by atoms with Crippen LogP contribution in [0.2, 0.25) is 0 Å². The van der Waals surface area contributed by atoms with E-state index in [1.807, 2.05) is 0 Å². The molecule has 1 nitrogen and oxygen atoms in total. The van der Waals surface area contributed by atoms with E-state index in [9.17, 15) is 0 Å². The molecule has 0 amide bonds. The standard InChI is InChI=1S/Li.Mg.Mn.Ni.O/q+1;3*+2;-2. The Morgan fingerprint density at radius 3 is 1.00 bits per heavy atom. The molecule has 0 unspecified atom stereocenters. The van der Waals surface area contributed by atoms with Crippen molar-refractivity contribution in [3.63, 3.8) is 0 Å². The van der Waals surface area contributed by atoms with Crippen LogP contribution in [0.15, 0.2) is 0 Å². The molecule has 21 valence electrons. The first kappa shape index (κ1) is 54.0. The summed E-state index contributed by atoms with van der Waals surface area (Å²) in [6.45, 7) is 0. The van der Waals surface area contributed by atoms with E-state index in [1.54, 1.807) is 0 Å². The SMILES string of the molecule is [Li+].[Mg+2].[Mn+2].[Ni+2].[O-2]. The van der Waals surface area contributed by atoms with Crippen LogP contribution in [0.5, 0.6) is 0 Å². The summed E-state index contributed by atoms with van der Waals surface area (Å²) < 4.78 is 0. The first-order valence-electron chi connectivity index (χ1n) is 0. The molecule has 0 saturated carbocycles. The largest absolute Gasteiger partial charge is 2.00 e. The first-order valence-corrected chi connectivity index (χ1v) is 0. The molecule has 0 aromatic carbocycles. The third-order valence-corrected chi connectivity index (χ3v) is 0. The summed E-state index contributed by atoms with van der Waals surface area (Å²) in [4.78, 5) is 0. The van der Waals surface area contributed by atoms with Gasteiger partial charge in [-0.1, -0.05) is 0 Å². The van der Waals surface area contributed by atoms with Gasteiger partial charge < -0.3 is 5.48 Å². The first-order chi connectivity index (χ1) is 0. The van der Waals surface area contributed by atoms with E-state index >= 15 is 0 Å². The van der Waals surface area contributed by atoms with Crippen molar-refractivity contribution in [1.82, 2.24) is 0 Å². The van der Waals surface area contributed by atoms with Crippen LogP contribution >= 0.6 is 0 Å².